The van der Waals surface area contributed by atoms with Crippen molar-refractivity contribution in [1.82, 2.24) is 9.38 Å². The van der Waals surface area contributed by atoms with Gasteiger partial charge in [-0.05, 0) is 43.3 Å². The van der Waals surface area contributed by atoms with Crippen LogP contribution in [-0.2, 0) is 6.42 Å². The number of nitrogens with zero attached hydrogens (tertiary/aromatic N) is 2. The Hall–Kier alpha value is -1.30. The second-order valence-corrected chi connectivity index (χ2v) is 7.01. The third-order valence-corrected chi connectivity index (χ3v) is 4.69. The van der Waals surface area contributed by atoms with Crippen LogP contribution in [0.4, 0.5) is 0 Å². The van der Waals surface area contributed by atoms with E-state index in [1.54, 1.807) is 11.8 Å². The van der Waals surface area contributed by atoms with Gasteiger partial charge in [0.25, 0.3) is 0 Å². The molecule has 3 rings (SSSR count). The monoisotopic (exact) mass is 361 g/mol. The first-order valence-corrected chi connectivity index (χ1v) is 8.39. The zero-order valence-corrected chi connectivity index (χ0v) is 14.1. The maximum atomic E-state index is 6.00. The molecule has 0 aliphatic heterocycles. The summed E-state index contributed by atoms with van der Waals surface area (Å²) in [5.41, 5.74) is 8.14. The number of rotatable bonds is 4. The van der Waals surface area contributed by atoms with Crippen molar-refractivity contribution in [3.63, 3.8) is 0 Å². The first kappa shape index (κ1) is 14.6. The highest BCUT2D eigenvalue weighted by Crippen LogP contribution is 2.31. The normalized spacial score (nSPS) is 12.7. The van der Waals surface area contributed by atoms with Crippen LogP contribution in [0.15, 0.2) is 63.1 Å². The lowest BCUT2D eigenvalue weighted by molar-refractivity contribution is 0.705. The molecule has 0 amide bonds. The molecule has 5 heteroatoms. The highest BCUT2D eigenvalue weighted by Gasteiger charge is 2.14. The van der Waals surface area contributed by atoms with Crippen LogP contribution in [0.5, 0.6) is 0 Å². The Balaban J connectivity index is 2.02. The number of halogens is 1. The molecule has 0 aliphatic carbocycles. The Morgan fingerprint density at radius 1 is 1.24 bits per heavy atom. The summed E-state index contributed by atoms with van der Waals surface area (Å²) < 4.78 is 3.21. The number of hydrogen-bond donors (Lipinski definition) is 1. The Kier molecular flexibility index (Phi) is 4.33. The van der Waals surface area contributed by atoms with Crippen molar-refractivity contribution in [3.05, 3.63) is 58.8 Å². The van der Waals surface area contributed by atoms with Crippen LogP contribution in [-0.4, -0.2) is 15.4 Å². The number of pyridine rings is 1. The van der Waals surface area contributed by atoms with E-state index in [-0.39, 0.29) is 6.04 Å². The fourth-order valence-electron chi connectivity index (χ4n) is 2.21. The van der Waals surface area contributed by atoms with E-state index in [1.165, 1.54) is 10.6 Å². The second-order valence-electron chi connectivity index (χ2n) is 5.03. The van der Waals surface area contributed by atoms with Gasteiger partial charge < -0.3 is 10.1 Å². The van der Waals surface area contributed by atoms with E-state index in [4.69, 9.17) is 10.7 Å². The Morgan fingerprint density at radius 3 is 2.71 bits per heavy atom. The van der Waals surface area contributed by atoms with Crippen molar-refractivity contribution in [1.29, 1.82) is 0 Å². The van der Waals surface area contributed by atoms with Crippen LogP contribution < -0.4 is 5.73 Å². The molecule has 0 aliphatic rings. The largest absolute Gasteiger partial charge is 0.328 e. The Bertz CT molecular complexity index is 750. The molecule has 21 heavy (non-hydrogen) atoms. The molecule has 3 nitrogen and oxygen atoms in total. The molecule has 2 aromatic heterocycles. The highest BCUT2D eigenvalue weighted by atomic mass is 79.9. The first-order chi connectivity index (χ1) is 10.1. The predicted molar refractivity (Wildman–Crippen MR) is 90.8 cm³/mol. The molecule has 0 radical (unpaired) electrons. The van der Waals surface area contributed by atoms with Gasteiger partial charge in [0.1, 0.15) is 10.7 Å². The molecule has 2 heterocycles. The molecule has 0 bridgehead atoms. The summed E-state index contributed by atoms with van der Waals surface area (Å²) in [5, 5.41) is 1.03. The van der Waals surface area contributed by atoms with Gasteiger partial charge in [-0.3, -0.25) is 0 Å². The molecule has 0 spiro atoms. The minimum absolute atomic E-state index is 0.106. The number of fused-ring (bicyclic) bond motifs is 1. The number of hydrogen-bond acceptors (Lipinski definition) is 3. The summed E-state index contributed by atoms with van der Waals surface area (Å²) in [4.78, 5) is 5.92. The fourth-order valence-corrected chi connectivity index (χ4v) is 3.41. The molecule has 0 fully saturated rings. The third kappa shape index (κ3) is 3.31. The Labute approximate surface area is 136 Å². The lowest BCUT2D eigenvalue weighted by Crippen LogP contribution is -2.19. The van der Waals surface area contributed by atoms with Crippen LogP contribution in [0.3, 0.4) is 0 Å². The average molecular weight is 362 g/mol. The van der Waals surface area contributed by atoms with Crippen molar-refractivity contribution < 1.29 is 0 Å². The SMILES string of the molecule is CC(N)Cc1c(Sc2ccc(Br)cc2)nc2ccccn12. The molecular weight excluding hydrogens is 346 g/mol. The quantitative estimate of drug-likeness (QED) is 0.759. The standard InChI is InChI=1S/C16H16BrN3S/c1-11(18)10-14-16(19-15-4-2-3-9-20(14)15)21-13-7-5-12(17)6-8-13/h2-9,11H,10,18H2,1H3. The van der Waals surface area contributed by atoms with E-state index >= 15 is 0 Å². The number of aromatic nitrogens is 2. The van der Waals surface area contributed by atoms with Crippen molar-refractivity contribution in [3.8, 4) is 0 Å². The molecule has 0 saturated carbocycles. The summed E-state index contributed by atoms with van der Waals surface area (Å²) in [6.45, 7) is 2.02. The maximum absolute atomic E-state index is 6.00. The van der Waals surface area contributed by atoms with E-state index in [0.717, 1.165) is 21.6 Å². The zero-order valence-electron chi connectivity index (χ0n) is 11.7. The predicted octanol–water partition coefficient (Wildman–Crippen LogP) is 4.14. The van der Waals surface area contributed by atoms with Gasteiger partial charge in [-0.2, -0.15) is 0 Å². The van der Waals surface area contributed by atoms with Crippen molar-refractivity contribution in [2.75, 3.05) is 0 Å². The van der Waals surface area contributed by atoms with Gasteiger partial charge in [-0.1, -0.05) is 33.8 Å². The van der Waals surface area contributed by atoms with Crippen LogP contribution in [0.25, 0.3) is 5.65 Å². The van der Waals surface area contributed by atoms with Crippen LogP contribution in [0.1, 0.15) is 12.6 Å². The molecule has 0 saturated heterocycles. The summed E-state index contributed by atoms with van der Waals surface area (Å²) in [7, 11) is 0. The summed E-state index contributed by atoms with van der Waals surface area (Å²) in [5.74, 6) is 0. The minimum atomic E-state index is 0.106. The lowest BCUT2D eigenvalue weighted by atomic mass is 10.2. The third-order valence-electron chi connectivity index (χ3n) is 3.14. The number of nitrogens with two attached hydrogens (primary N) is 1. The maximum Gasteiger partial charge on any atom is 0.138 e. The van der Waals surface area contributed by atoms with Gasteiger partial charge in [0.05, 0.1) is 5.69 Å². The lowest BCUT2D eigenvalue weighted by Gasteiger charge is -2.07. The first-order valence-electron chi connectivity index (χ1n) is 6.78. The molecule has 1 unspecified atom stereocenters. The van der Waals surface area contributed by atoms with Crippen LogP contribution in [0, 0.1) is 0 Å². The zero-order chi connectivity index (χ0) is 14.8. The van der Waals surface area contributed by atoms with Gasteiger partial charge >= 0.3 is 0 Å². The topological polar surface area (TPSA) is 43.3 Å². The molecule has 2 N–H and O–H groups in total. The van der Waals surface area contributed by atoms with E-state index in [2.05, 4.69) is 32.5 Å². The summed E-state index contributed by atoms with van der Waals surface area (Å²) in [6, 6.07) is 14.4. The fraction of sp³-hybridized carbons (Fsp3) is 0.188. The molecular formula is C16H16BrN3S. The van der Waals surface area contributed by atoms with E-state index in [1.807, 2.05) is 43.5 Å². The van der Waals surface area contributed by atoms with Crippen molar-refractivity contribution in [2.45, 2.75) is 29.3 Å². The minimum Gasteiger partial charge on any atom is -0.328 e. The van der Waals surface area contributed by atoms with Gasteiger partial charge in [0.2, 0.25) is 0 Å². The van der Waals surface area contributed by atoms with Gasteiger partial charge in [0, 0.05) is 28.0 Å². The number of imidazole rings is 1. The van der Waals surface area contributed by atoms with Gasteiger partial charge in [0.15, 0.2) is 0 Å². The summed E-state index contributed by atoms with van der Waals surface area (Å²) >= 11 is 5.14. The van der Waals surface area contributed by atoms with Gasteiger partial charge in [-0.15, -0.1) is 0 Å². The highest BCUT2D eigenvalue weighted by molar-refractivity contribution is 9.10. The van der Waals surface area contributed by atoms with E-state index < -0.39 is 0 Å². The molecule has 108 valence electrons. The van der Waals surface area contributed by atoms with Crippen molar-refractivity contribution in [2.24, 2.45) is 5.73 Å². The average Bonchev–Trinajstić information content (AvgIpc) is 2.79. The molecule has 1 aromatic carbocycles. The smallest absolute Gasteiger partial charge is 0.138 e. The second kappa shape index (κ2) is 6.22. The van der Waals surface area contributed by atoms with Crippen LogP contribution >= 0.6 is 27.7 Å². The molecule has 3 aromatic rings. The number of benzene rings is 1. The van der Waals surface area contributed by atoms with Gasteiger partial charge in [-0.25, -0.2) is 4.98 Å². The van der Waals surface area contributed by atoms with Crippen molar-refractivity contribution >= 4 is 33.3 Å². The van der Waals surface area contributed by atoms with Crippen LogP contribution in [0.2, 0.25) is 0 Å². The summed E-state index contributed by atoms with van der Waals surface area (Å²) in [6.07, 6.45) is 2.86. The molecule has 1 atom stereocenters. The van der Waals surface area contributed by atoms with E-state index in [9.17, 15) is 0 Å². The Morgan fingerprint density at radius 2 is 2.00 bits per heavy atom. The van der Waals surface area contributed by atoms with E-state index in [0.29, 0.717) is 0 Å².